The highest BCUT2D eigenvalue weighted by molar-refractivity contribution is 6.83. The second kappa shape index (κ2) is 7.38. The minimum atomic E-state index is -1.47. The number of carbonyl (C=O) groups is 1. The molecule has 0 aliphatic heterocycles. The molecule has 0 atom stereocenters. The Hall–Kier alpha value is -2.52. The number of nitrogens with one attached hydrogen (secondary N) is 2. The molecular weight excluding hydrogens is 344 g/mol. The highest BCUT2D eigenvalue weighted by Gasteiger charge is 2.16. The molecule has 1 aromatic heterocycles. The lowest BCUT2D eigenvalue weighted by molar-refractivity contribution is 0.0523. The van der Waals surface area contributed by atoms with Gasteiger partial charge >= 0.3 is 6.09 Å². The molecule has 2 N–H and O–H groups in total. The quantitative estimate of drug-likeness (QED) is 0.624. The molecule has 0 spiro atoms. The Morgan fingerprint density at radius 1 is 1.23 bits per heavy atom. The number of rotatable bonds is 2. The maximum Gasteiger partial charge on any atom is 0.407 e. The van der Waals surface area contributed by atoms with Gasteiger partial charge in [0.1, 0.15) is 13.7 Å². The van der Waals surface area contributed by atoms with Gasteiger partial charge in [0, 0.05) is 28.2 Å². The van der Waals surface area contributed by atoms with E-state index in [1.807, 2.05) is 18.2 Å². The lowest BCUT2D eigenvalue weighted by Crippen LogP contribution is -2.32. The summed E-state index contributed by atoms with van der Waals surface area (Å²) < 4.78 is 5.19. The zero-order chi connectivity index (χ0) is 19.5. The molecule has 5 nitrogen and oxygen atoms in total. The van der Waals surface area contributed by atoms with Gasteiger partial charge in [-0.15, -0.1) is 5.54 Å². The number of aromatic nitrogens is 1. The number of alkyl carbamates (subject to hydrolysis) is 1. The van der Waals surface area contributed by atoms with Gasteiger partial charge in [0.05, 0.1) is 6.54 Å². The van der Waals surface area contributed by atoms with Crippen LogP contribution in [0.1, 0.15) is 32.0 Å². The summed E-state index contributed by atoms with van der Waals surface area (Å²) in [6, 6.07) is 7.06. The molecule has 0 aliphatic carbocycles. The average Bonchev–Trinajstić information content (AvgIpc) is 2.49. The van der Waals surface area contributed by atoms with E-state index >= 15 is 0 Å². The van der Waals surface area contributed by atoms with Crippen molar-refractivity contribution in [2.24, 2.45) is 0 Å². The zero-order valence-corrected chi connectivity index (χ0v) is 17.2. The largest absolute Gasteiger partial charge is 0.444 e. The van der Waals surface area contributed by atoms with E-state index in [-0.39, 0.29) is 12.0 Å². The number of carbonyl (C=O) groups excluding carboxylic acids is 1. The number of H-pyrrole nitrogens is 1. The van der Waals surface area contributed by atoms with E-state index in [2.05, 4.69) is 41.4 Å². The lowest BCUT2D eigenvalue weighted by Gasteiger charge is -2.19. The van der Waals surface area contributed by atoms with E-state index in [4.69, 9.17) is 4.74 Å². The van der Waals surface area contributed by atoms with Crippen LogP contribution in [0.3, 0.4) is 0 Å². The zero-order valence-electron chi connectivity index (χ0n) is 16.2. The van der Waals surface area contributed by atoms with E-state index in [0.29, 0.717) is 11.1 Å². The topological polar surface area (TPSA) is 71.2 Å². The second-order valence-electron chi connectivity index (χ2n) is 8.27. The molecule has 0 saturated carbocycles. The summed E-state index contributed by atoms with van der Waals surface area (Å²) in [6.45, 7) is 12.1. The van der Waals surface area contributed by atoms with Crippen molar-refractivity contribution < 1.29 is 9.53 Å². The Kier molecular flexibility index (Phi) is 5.62. The van der Waals surface area contributed by atoms with Crippen LogP contribution in [0.15, 0.2) is 29.1 Å². The predicted octanol–water partition coefficient (Wildman–Crippen LogP) is 3.78. The summed E-state index contributed by atoms with van der Waals surface area (Å²) in [5.41, 5.74) is 4.82. The Bertz CT molecular complexity index is 938. The van der Waals surface area contributed by atoms with Crippen molar-refractivity contribution >= 4 is 25.1 Å². The third-order valence-corrected chi connectivity index (χ3v) is 4.16. The van der Waals surface area contributed by atoms with Crippen molar-refractivity contribution in [1.29, 1.82) is 0 Å². The van der Waals surface area contributed by atoms with E-state index in [9.17, 15) is 9.59 Å². The van der Waals surface area contributed by atoms with Crippen molar-refractivity contribution in [2.45, 2.75) is 52.6 Å². The summed E-state index contributed by atoms with van der Waals surface area (Å²) >= 11 is 0. The van der Waals surface area contributed by atoms with Crippen LogP contribution >= 0.6 is 0 Å². The molecule has 0 aliphatic rings. The minimum Gasteiger partial charge on any atom is -0.444 e. The smallest absolute Gasteiger partial charge is 0.407 e. The Morgan fingerprint density at radius 2 is 1.92 bits per heavy atom. The fourth-order valence-corrected chi connectivity index (χ4v) is 2.74. The van der Waals surface area contributed by atoms with Gasteiger partial charge in [-0.1, -0.05) is 25.6 Å². The summed E-state index contributed by atoms with van der Waals surface area (Å²) in [7, 11) is -1.47. The Labute approximate surface area is 155 Å². The van der Waals surface area contributed by atoms with Gasteiger partial charge in [-0.05, 0) is 39.0 Å². The number of benzene rings is 1. The maximum atomic E-state index is 12.4. The number of amides is 1. The molecule has 138 valence electrons. The van der Waals surface area contributed by atoms with Crippen LogP contribution in [0.5, 0.6) is 0 Å². The third-order valence-electron chi connectivity index (χ3n) is 3.29. The SMILES string of the molecule is CC(C)(C)OC(=O)NCc1cc(=O)c2cc(C#C[Si](C)(C)C)ccc2[nH]1. The first-order valence-corrected chi connectivity index (χ1v) is 12.1. The van der Waals surface area contributed by atoms with E-state index in [1.54, 1.807) is 20.8 Å². The minimum absolute atomic E-state index is 0.101. The number of pyridine rings is 1. The Balaban J connectivity index is 2.21. The van der Waals surface area contributed by atoms with Gasteiger partial charge in [0.25, 0.3) is 0 Å². The normalized spacial score (nSPS) is 11.6. The summed E-state index contributed by atoms with van der Waals surface area (Å²) in [4.78, 5) is 27.3. The van der Waals surface area contributed by atoms with Gasteiger partial charge in [0.2, 0.25) is 0 Å². The van der Waals surface area contributed by atoms with Crippen molar-refractivity contribution in [3.63, 3.8) is 0 Å². The molecular formula is C20H26N2O3Si. The first-order chi connectivity index (χ1) is 11.9. The number of aromatic amines is 1. The first kappa shape index (κ1) is 19.8. The van der Waals surface area contributed by atoms with Crippen LogP contribution in [0.4, 0.5) is 4.79 Å². The number of hydrogen-bond donors (Lipinski definition) is 2. The third kappa shape index (κ3) is 6.08. The van der Waals surface area contributed by atoms with Gasteiger partial charge in [-0.25, -0.2) is 4.79 Å². The van der Waals surface area contributed by atoms with Crippen LogP contribution in [-0.4, -0.2) is 24.8 Å². The van der Waals surface area contributed by atoms with Crippen LogP contribution in [-0.2, 0) is 11.3 Å². The highest BCUT2D eigenvalue weighted by Crippen LogP contribution is 2.12. The molecule has 0 bridgehead atoms. The van der Waals surface area contributed by atoms with Crippen LogP contribution in [0.25, 0.3) is 10.9 Å². The van der Waals surface area contributed by atoms with Gasteiger partial charge in [-0.2, -0.15) is 0 Å². The molecule has 0 radical (unpaired) electrons. The van der Waals surface area contributed by atoms with Crippen molar-refractivity contribution in [1.82, 2.24) is 10.3 Å². The van der Waals surface area contributed by atoms with Crippen LogP contribution < -0.4 is 10.7 Å². The standard InChI is InChI=1S/C20H26N2O3Si/c1-20(2,3)25-19(24)21-13-15-12-18(23)16-11-14(7-8-17(16)22-15)9-10-26(4,5)6/h7-8,11-12H,13H2,1-6H3,(H,21,24)(H,22,23). The molecule has 0 saturated heterocycles. The molecule has 2 rings (SSSR count). The molecule has 0 fully saturated rings. The molecule has 1 aromatic carbocycles. The summed E-state index contributed by atoms with van der Waals surface area (Å²) in [5, 5.41) is 3.24. The maximum absolute atomic E-state index is 12.4. The summed E-state index contributed by atoms with van der Waals surface area (Å²) in [6.07, 6.45) is -0.518. The fraction of sp³-hybridized carbons (Fsp3) is 0.400. The molecule has 1 amide bonds. The molecule has 26 heavy (non-hydrogen) atoms. The predicted molar refractivity (Wildman–Crippen MR) is 108 cm³/mol. The molecule has 2 aromatic rings. The van der Waals surface area contributed by atoms with Crippen molar-refractivity contribution in [2.75, 3.05) is 0 Å². The van der Waals surface area contributed by atoms with Crippen LogP contribution in [0, 0.1) is 11.5 Å². The molecule has 6 heteroatoms. The first-order valence-electron chi connectivity index (χ1n) is 8.59. The average molecular weight is 371 g/mol. The van der Waals surface area contributed by atoms with Gasteiger partial charge in [-0.3, -0.25) is 4.79 Å². The van der Waals surface area contributed by atoms with Gasteiger partial charge < -0.3 is 15.0 Å². The van der Waals surface area contributed by atoms with Crippen molar-refractivity contribution in [3.05, 3.63) is 45.7 Å². The number of ether oxygens (including phenoxy) is 1. The Morgan fingerprint density at radius 3 is 2.54 bits per heavy atom. The lowest BCUT2D eigenvalue weighted by atomic mass is 10.1. The van der Waals surface area contributed by atoms with E-state index in [1.165, 1.54) is 6.07 Å². The van der Waals surface area contributed by atoms with E-state index in [0.717, 1.165) is 11.1 Å². The summed E-state index contributed by atoms with van der Waals surface area (Å²) in [5.74, 6) is 3.17. The number of hydrogen-bond acceptors (Lipinski definition) is 3. The fourth-order valence-electron chi connectivity index (χ4n) is 2.22. The second-order valence-corrected chi connectivity index (χ2v) is 13.0. The van der Waals surface area contributed by atoms with Crippen LogP contribution in [0.2, 0.25) is 19.6 Å². The van der Waals surface area contributed by atoms with Crippen molar-refractivity contribution in [3.8, 4) is 11.5 Å². The molecule has 1 heterocycles. The number of fused-ring (bicyclic) bond motifs is 1. The molecule has 0 unspecified atom stereocenters. The van der Waals surface area contributed by atoms with E-state index < -0.39 is 19.8 Å². The highest BCUT2D eigenvalue weighted by atomic mass is 28.3. The monoisotopic (exact) mass is 370 g/mol. The van der Waals surface area contributed by atoms with Gasteiger partial charge in [0.15, 0.2) is 5.43 Å².